The van der Waals surface area contributed by atoms with Crippen molar-refractivity contribution < 1.29 is 0 Å². The zero-order chi connectivity index (χ0) is 14.4. The minimum atomic E-state index is 0.651. The zero-order valence-electron chi connectivity index (χ0n) is 13.4. The van der Waals surface area contributed by atoms with E-state index in [1.165, 1.54) is 55.8 Å². The van der Waals surface area contributed by atoms with Crippen molar-refractivity contribution in [2.24, 2.45) is 5.41 Å². The van der Waals surface area contributed by atoms with Crippen molar-refractivity contribution in [3.63, 3.8) is 0 Å². The lowest BCUT2D eigenvalue weighted by molar-refractivity contribution is 0.0960. The van der Waals surface area contributed by atoms with Crippen molar-refractivity contribution in [2.75, 3.05) is 26.2 Å². The van der Waals surface area contributed by atoms with E-state index >= 15 is 0 Å². The number of piperidine rings is 1. The van der Waals surface area contributed by atoms with E-state index in [2.05, 4.69) is 42.4 Å². The maximum Gasteiger partial charge on any atom is 0.0302 e. The van der Waals surface area contributed by atoms with Crippen LogP contribution in [-0.2, 0) is 6.54 Å². The molecule has 1 aliphatic rings. The molecule has 1 aliphatic heterocycles. The summed E-state index contributed by atoms with van der Waals surface area (Å²) in [6, 6.07) is 2.21. The number of nitrogens with zero attached hydrogens (tertiary/aromatic N) is 1. The Morgan fingerprint density at radius 1 is 1.25 bits per heavy atom. The summed E-state index contributed by atoms with van der Waals surface area (Å²) in [4.78, 5) is 4.12. The Labute approximate surface area is 128 Å². The van der Waals surface area contributed by atoms with Crippen LogP contribution in [0.1, 0.15) is 50.0 Å². The third-order valence-corrected chi connectivity index (χ3v) is 6.30. The van der Waals surface area contributed by atoms with Crippen LogP contribution in [0.25, 0.3) is 0 Å². The van der Waals surface area contributed by atoms with Crippen LogP contribution in [0.2, 0.25) is 0 Å². The van der Waals surface area contributed by atoms with Crippen molar-refractivity contribution in [3.05, 3.63) is 21.9 Å². The van der Waals surface area contributed by atoms with Gasteiger partial charge in [-0.05, 0) is 55.3 Å². The van der Waals surface area contributed by atoms with Gasteiger partial charge in [0.1, 0.15) is 0 Å². The Bertz CT molecular complexity index is 385. The van der Waals surface area contributed by atoms with E-state index in [0.29, 0.717) is 5.41 Å². The van der Waals surface area contributed by atoms with Gasteiger partial charge in [-0.3, -0.25) is 0 Å². The van der Waals surface area contributed by atoms with Crippen LogP contribution >= 0.6 is 11.3 Å². The fraction of sp³-hybridized carbons (Fsp3) is 0.765. The summed E-state index contributed by atoms with van der Waals surface area (Å²) in [6.07, 6.45) is 5.49. The van der Waals surface area contributed by atoms with Crippen LogP contribution in [-0.4, -0.2) is 31.1 Å². The molecule has 0 aliphatic carbocycles. The minimum Gasteiger partial charge on any atom is -0.311 e. The van der Waals surface area contributed by atoms with Gasteiger partial charge in [-0.1, -0.05) is 26.7 Å². The van der Waals surface area contributed by atoms with Crippen LogP contribution in [0.5, 0.6) is 0 Å². The molecule has 114 valence electrons. The van der Waals surface area contributed by atoms with Gasteiger partial charge in [-0.15, -0.1) is 11.3 Å². The lowest BCUT2D eigenvalue weighted by atomic mass is 9.74. The summed E-state index contributed by atoms with van der Waals surface area (Å²) in [7, 11) is 0. The molecule has 1 fully saturated rings. The Hall–Kier alpha value is -0.380. The second-order valence-corrected chi connectivity index (χ2v) is 7.25. The molecule has 1 N–H and O–H groups in total. The Morgan fingerprint density at radius 3 is 2.50 bits per heavy atom. The van der Waals surface area contributed by atoms with E-state index in [-0.39, 0.29) is 0 Å². The molecular weight excluding hydrogens is 264 g/mol. The Kier molecular flexibility index (Phi) is 6.06. The maximum atomic E-state index is 3.59. The van der Waals surface area contributed by atoms with E-state index in [1.54, 1.807) is 0 Å². The molecular formula is C17H30N2S. The van der Waals surface area contributed by atoms with Gasteiger partial charge in [0.15, 0.2) is 0 Å². The molecule has 0 amide bonds. The average Bonchev–Trinajstić information content (AvgIpc) is 2.90. The predicted octanol–water partition coefficient (Wildman–Crippen LogP) is 4.05. The first-order valence-electron chi connectivity index (χ1n) is 8.15. The van der Waals surface area contributed by atoms with Crippen molar-refractivity contribution in [1.82, 2.24) is 10.2 Å². The molecule has 1 saturated heterocycles. The van der Waals surface area contributed by atoms with Crippen molar-refractivity contribution >= 4 is 11.3 Å². The number of aryl methyl sites for hydroxylation is 1. The molecule has 0 atom stereocenters. The largest absolute Gasteiger partial charge is 0.311 e. The van der Waals surface area contributed by atoms with Crippen LogP contribution in [0, 0.1) is 12.3 Å². The maximum absolute atomic E-state index is 3.59. The first kappa shape index (κ1) is 16.0. The van der Waals surface area contributed by atoms with Crippen LogP contribution in [0.3, 0.4) is 0 Å². The van der Waals surface area contributed by atoms with E-state index in [1.807, 2.05) is 11.3 Å². The highest BCUT2D eigenvalue weighted by Crippen LogP contribution is 2.37. The number of nitrogens with one attached hydrogen (secondary N) is 1. The molecule has 2 nitrogen and oxygen atoms in total. The summed E-state index contributed by atoms with van der Waals surface area (Å²) in [5.41, 5.74) is 2.08. The lowest BCUT2D eigenvalue weighted by Gasteiger charge is -2.41. The van der Waals surface area contributed by atoms with E-state index < -0.39 is 0 Å². The molecule has 0 unspecified atom stereocenters. The summed E-state index contributed by atoms with van der Waals surface area (Å²) < 4.78 is 0. The van der Waals surface area contributed by atoms with Gasteiger partial charge in [-0.2, -0.15) is 0 Å². The van der Waals surface area contributed by atoms with Crippen LogP contribution in [0.4, 0.5) is 0 Å². The molecule has 3 heteroatoms. The number of thiophene rings is 1. The molecule has 20 heavy (non-hydrogen) atoms. The van der Waals surface area contributed by atoms with Gasteiger partial charge in [0, 0.05) is 24.5 Å². The van der Waals surface area contributed by atoms with Gasteiger partial charge in [0.2, 0.25) is 0 Å². The number of hydrogen-bond acceptors (Lipinski definition) is 3. The molecule has 2 rings (SSSR count). The standard InChI is InChI=1S/C17H30N2S/c1-4-17(5-2)7-10-19(11-8-17)12-9-18-14-16-15(3)6-13-20-16/h6,13,18H,4-5,7-12,14H2,1-3H3. The quantitative estimate of drug-likeness (QED) is 0.763. The zero-order valence-corrected chi connectivity index (χ0v) is 14.2. The molecule has 1 aromatic heterocycles. The van der Waals surface area contributed by atoms with E-state index in [0.717, 1.165) is 13.1 Å². The fourth-order valence-corrected chi connectivity index (χ4v) is 4.11. The molecule has 0 bridgehead atoms. The number of rotatable bonds is 7. The predicted molar refractivity (Wildman–Crippen MR) is 89.5 cm³/mol. The summed E-state index contributed by atoms with van der Waals surface area (Å²) in [5.74, 6) is 0. The van der Waals surface area contributed by atoms with Crippen molar-refractivity contribution in [3.8, 4) is 0 Å². The topological polar surface area (TPSA) is 15.3 Å². The second kappa shape index (κ2) is 7.58. The van der Waals surface area contributed by atoms with Gasteiger partial charge in [0.25, 0.3) is 0 Å². The van der Waals surface area contributed by atoms with Gasteiger partial charge >= 0.3 is 0 Å². The average molecular weight is 295 g/mol. The lowest BCUT2D eigenvalue weighted by Crippen LogP contribution is -2.42. The normalized spacial score (nSPS) is 19.4. The first-order valence-corrected chi connectivity index (χ1v) is 9.03. The molecule has 0 spiro atoms. The number of likely N-dealkylation sites (tertiary alicyclic amines) is 1. The van der Waals surface area contributed by atoms with E-state index in [4.69, 9.17) is 0 Å². The molecule has 2 heterocycles. The summed E-state index contributed by atoms with van der Waals surface area (Å²) >= 11 is 1.87. The van der Waals surface area contributed by atoms with Crippen LogP contribution < -0.4 is 5.32 Å². The smallest absolute Gasteiger partial charge is 0.0302 e. The Balaban J connectivity index is 1.63. The number of hydrogen-bond donors (Lipinski definition) is 1. The van der Waals surface area contributed by atoms with Gasteiger partial charge in [-0.25, -0.2) is 0 Å². The van der Waals surface area contributed by atoms with Crippen molar-refractivity contribution in [2.45, 2.75) is 53.0 Å². The fourth-order valence-electron chi connectivity index (χ4n) is 3.23. The highest BCUT2D eigenvalue weighted by molar-refractivity contribution is 7.10. The monoisotopic (exact) mass is 294 g/mol. The molecule has 1 aromatic rings. The summed E-state index contributed by atoms with van der Waals surface area (Å²) in [6.45, 7) is 12.9. The molecule has 0 saturated carbocycles. The molecule has 0 radical (unpaired) electrons. The Morgan fingerprint density at radius 2 is 1.95 bits per heavy atom. The van der Waals surface area contributed by atoms with Gasteiger partial charge < -0.3 is 10.2 Å². The van der Waals surface area contributed by atoms with Crippen LogP contribution in [0.15, 0.2) is 11.4 Å². The first-order chi connectivity index (χ1) is 9.69. The second-order valence-electron chi connectivity index (χ2n) is 6.25. The third-order valence-electron chi connectivity index (χ3n) is 5.28. The highest BCUT2D eigenvalue weighted by Gasteiger charge is 2.30. The minimum absolute atomic E-state index is 0.651. The van der Waals surface area contributed by atoms with E-state index in [9.17, 15) is 0 Å². The SMILES string of the molecule is CCC1(CC)CCN(CCNCc2sccc2C)CC1. The highest BCUT2D eigenvalue weighted by atomic mass is 32.1. The molecule has 0 aromatic carbocycles. The van der Waals surface area contributed by atoms with Gasteiger partial charge in [0.05, 0.1) is 0 Å². The van der Waals surface area contributed by atoms with Crippen molar-refractivity contribution in [1.29, 1.82) is 0 Å². The summed E-state index contributed by atoms with van der Waals surface area (Å²) in [5, 5.41) is 5.78. The third kappa shape index (κ3) is 4.06.